The molecular formula is C13H22N2O4. The molecule has 2 aliphatic rings. The molecule has 6 heteroatoms. The van der Waals surface area contributed by atoms with Crippen molar-refractivity contribution in [3.05, 3.63) is 0 Å². The monoisotopic (exact) mass is 270 g/mol. The van der Waals surface area contributed by atoms with Crippen LogP contribution in [-0.2, 0) is 9.47 Å². The van der Waals surface area contributed by atoms with E-state index in [1.54, 1.807) is 9.80 Å². The fourth-order valence-corrected chi connectivity index (χ4v) is 2.78. The van der Waals surface area contributed by atoms with Crippen LogP contribution in [0.5, 0.6) is 0 Å². The van der Waals surface area contributed by atoms with Gasteiger partial charge in [0.15, 0.2) is 0 Å². The highest BCUT2D eigenvalue weighted by Gasteiger charge is 2.45. The van der Waals surface area contributed by atoms with Gasteiger partial charge in [-0.2, -0.15) is 0 Å². The van der Waals surface area contributed by atoms with E-state index < -0.39 is 5.60 Å². The van der Waals surface area contributed by atoms with Crippen LogP contribution in [0, 0.1) is 5.92 Å². The van der Waals surface area contributed by atoms with Gasteiger partial charge < -0.3 is 19.3 Å². The molecule has 0 aromatic heterocycles. The fraction of sp³-hybridized carbons (Fsp3) is 0.846. The smallest absolute Gasteiger partial charge is 0.410 e. The van der Waals surface area contributed by atoms with Gasteiger partial charge in [0.05, 0.1) is 13.2 Å². The average Bonchev–Trinajstić information content (AvgIpc) is 2.84. The molecule has 0 spiro atoms. The number of methoxy groups -OCH3 is 1. The van der Waals surface area contributed by atoms with Gasteiger partial charge in [-0.15, -0.1) is 0 Å². The van der Waals surface area contributed by atoms with Gasteiger partial charge in [0.2, 0.25) is 0 Å². The summed E-state index contributed by atoms with van der Waals surface area (Å²) in [5.41, 5.74) is -0.489. The Morgan fingerprint density at radius 3 is 2.42 bits per heavy atom. The minimum absolute atomic E-state index is 0.0694. The maximum Gasteiger partial charge on any atom is 0.410 e. The maximum absolute atomic E-state index is 12.0. The number of ether oxygens (including phenoxy) is 2. The first-order valence-electron chi connectivity index (χ1n) is 6.64. The van der Waals surface area contributed by atoms with Crippen LogP contribution in [0.3, 0.4) is 0 Å². The topological polar surface area (TPSA) is 59.1 Å². The lowest BCUT2D eigenvalue weighted by Crippen LogP contribution is -2.41. The summed E-state index contributed by atoms with van der Waals surface area (Å²) in [6, 6.07) is 0.0694. The molecule has 19 heavy (non-hydrogen) atoms. The van der Waals surface area contributed by atoms with Crippen molar-refractivity contribution < 1.29 is 19.1 Å². The molecule has 2 atom stereocenters. The van der Waals surface area contributed by atoms with Crippen molar-refractivity contribution in [2.45, 2.75) is 38.8 Å². The van der Waals surface area contributed by atoms with Crippen molar-refractivity contribution in [2.24, 2.45) is 5.92 Å². The Bertz CT molecular complexity index is 377. The van der Waals surface area contributed by atoms with Gasteiger partial charge in [0.25, 0.3) is 0 Å². The number of hydrogen-bond donors (Lipinski definition) is 0. The summed E-state index contributed by atoms with van der Waals surface area (Å²) in [6.45, 7) is 7.46. The van der Waals surface area contributed by atoms with Crippen molar-refractivity contribution >= 4 is 12.2 Å². The predicted molar refractivity (Wildman–Crippen MR) is 68.8 cm³/mol. The number of fused-ring (bicyclic) bond motifs is 1. The number of nitrogens with zero attached hydrogens (tertiary/aromatic N) is 2. The molecule has 0 aromatic carbocycles. The number of likely N-dealkylation sites (tertiary alicyclic amines) is 2. The number of carbonyl (C=O) groups is 2. The van der Waals surface area contributed by atoms with E-state index in [4.69, 9.17) is 9.47 Å². The van der Waals surface area contributed by atoms with Crippen molar-refractivity contribution in [2.75, 3.05) is 26.7 Å². The van der Waals surface area contributed by atoms with E-state index in [0.29, 0.717) is 25.6 Å². The van der Waals surface area contributed by atoms with Gasteiger partial charge in [0, 0.05) is 25.6 Å². The summed E-state index contributed by atoms with van der Waals surface area (Å²) in [5, 5.41) is 0. The summed E-state index contributed by atoms with van der Waals surface area (Å²) in [5.74, 6) is 0.339. The molecule has 0 unspecified atom stereocenters. The molecule has 0 saturated carbocycles. The molecule has 2 amide bonds. The lowest BCUT2D eigenvalue weighted by atomic mass is 10.1. The van der Waals surface area contributed by atoms with Crippen molar-refractivity contribution in [1.82, 2.24) is 9.80 Å². The second-order valence-electron chi connectivity index (χ2n) is 6.16. The Morgan fingerprint density at radius 1 is 1.16 bits per heavy atom. The first kappa shape index (κ1) is 14.0. The Morgan fingerprint density at radius 2 is 1.84 bits per heavy atom. The van der Waals surface area contributed by atoms with Crippen LogP contribution in [-0.4, -0.2) is 60.4 Å². The van der Waals surface area contributed by atoms with Crippen molar-refractivity contribution in [3.63, 3.8) is 0 Å². The van der Waals surface area contributed by atoms with Crippen LogP contribution in [0.25, 0.3) is 0 Å². The van der Waals surface area contributed by atoms with Crippen LogP contribution < -0.4 is 0 Å². The van der Waals surface area contributed by atoms with Gasteiger partial charge >= 0.3 is 12.2 Å². The number of amides is 2. The lowest BCUT2D eigenvalue weighted by Gasteiger charge is -2.26. The summed E-state index contributed by atoms with van der Waals surface area (Å²) >= 11 is 0. The highest BCUT2D eigenvalue weighted by Crippen LogP contribution is 2.32. The first-order valence-corrected chi connectivity index (χ1v) is 6.64. The molecule has 0 aromatic rings. The summed E-state index contributed by atoms with van der Waals surface area (Å²) in [6.07, 6.45) is 0.309. The second kappa shape index (κ2) is 4.90. The highest BCUT2D eigenvalue weighted by atomic mass is 16.6. The molecule has 2 heterocycles. The number of carbonyl (C=O) groups excluding carboxylic acids is 2. The summed E-state index contributed by atoms with van der Waals surface area (Å²) < 4.78 is 10.1. The summed E-state index contributed by atoms with van der Waals surface area (Å²) in [7, 11) is 1.39. The Balaban J connectivity index is 1.97. The van der Waals surface area contributed by atoms with E-state index in [0.717, 1.165) is 6.42 Å². The molecule has 2 saturated heterocycles. The van der Waals surface area contributed by atoms with Gasteiger partial charge in [-0.05, 0) is 27.2 Å². The van der Waals surface area contributed by atoms with E-state index >= 15 is 0 Å². The predicted octanol–water partition coefficient (Wildman–Crippen LogP) is 1.69. The molecule has 108 valence electrons. The van der Waals surface area contributed by atoms with Crippen LogP contribution in [0.4, 0.5) is 9.59 Å². The molecule has 6 nitrogen and oxygen atoms in total. The maximum atomic E-state index is 12.0. The van der Waals surface area contributed by atoms with Gasteiger partial charge in [0.1, 0.15) is 5.60 Å². The Hall–Kier alpha value is -1.46. The number of hydrogen-bond acceptors (Lipinski definition) is 4. The van der Waals surface area contributed by atoms with Gasteiger partial charge in [-0.25, -0.2) is 9.59 Å². The van der Waals surface area contributed by atoms with E-state index in [1.807, 2.05) is 20.8 Å². The standard InChI is InChI=1S/C13H22N2O4/c1-13(2,3)19-11(16)14-7-9-5-6-15(10(9)8-14)12(17)18-4/h9-10H,5-8H2,1-4H3/t9-,10+/m1/s1. The minimum atomic E-state index is -0.489. The highest BCUT2D eigenvalue weighted by molar-refractivity contribution is 5.71. The van der Waals surface area contributed by atoms with E-state index in [2.05, 4.69) is 0 Å². The molecule has 2 aliphatic heterocycles. The van der Waals surface area contributed by atoms with Gasteiger partial charge in [-0.1, -0.05) is 0 Å². The van der Waals surface area contributed by atoms with Crippen LogP contribution in [0.2, 0.25) is 0 Å². The van der Waals surface area contributed by atoms with Gasteiger partial charge in [-0.3, -0.25) is 0 Å². The summed E-state index contributed by atoms with van der Waals surface area (Å²) in [4.78, 5) is 27.0. The third-order valence-electron chi connectivity index (χ3n) is 3.61. The molecule has 2 rings (SSSR count). The molecule has 0 radical (unpaired) electrons. The molecule has 2 fully saturated rings. The van der Waals surface area contributed by atoms with Crippen molar-refractivity contribution in [1.29, 1.82) is 0 Å². The second-order valence-corrected chi connectivity index (χ2v) is 6.16. The fourth-order valence-electron chi connectivity index (χ4n) is 2.78. The quantitative estimate of drug-likeness (QED) is 0.672. The van der Waals surface area contributed by atoms with Crippen LogP contribution in [0.15, 0.2) is 0 Å². The van der Waals surface area contributed by atoms with Crippen LogP contribution >= 0.6 is 0 Å². The van der Waals surface area contributed by atoms with E-state index in [-0.39, 0.29) is 18.2 Å². The largest absolute Gasteiger partial charge is 0.453 e. The zero-order valence-corrected chi connectivity index (χ0v) is 12.0. The minimum Gasteiger partial charge on any atom is -0.453 e. The number of rotatable bonds is 0. The third kappa shape index (κ3) is 2.93. The molecular weight excluding hydrogens is 248 g/mol. The van der Waals surface area contributed by atoms with E-state index in [1.165, 1.54) is 7.11 Å². The third-order valence-corrected chi connectivity index (χ3v) is 3.61. The average molecular weight is 270 g/mol. The molecule has 0 aliphatic carbocycles. The SMILES string of the molecule is COC(=O)N1CC[C@@H]2CN(C(=O)OC(C)(C)C)C[C@@H]21. The first-order chi connectivity index (χ1) is 8.81. The normalized spacial score (nSPS) is 26.3. The zero-order valence-electron chi connectivity index (χ0n) is 12.0. The lowest BCUT2D eigenvalue weighted by molar-refractivity contribution is 0.0270. The Kier molecular flexibility index (Phi) is 3.60. The van der Waals surface area contributed by atoms with Crippen LogP contribution in [0.1, 0.15) is 27.2 Å². The van der Waals surface area contributed by atoms with E-state index in [9.17, 15) is 9.59 Å². The molecule has 0 N–H and O–H groups in total. The molecule has 0 bridgehead atoms. The van der Waals surface area contributed by atoms with Crippen molar-refractivity contribution in [3.8, 4) is 0 Å². The Labute approximate surface area is 113 Å². The zero-order chi connectivity index (χ0) is 14.2.